The van der Waals surface area contributed by atoms with Crippen molar-refractivity contribution in [2.75, 3.05) is 0 Å². The summed E-state index contributed by atoms with van der Waals surface area (Å²) >= 11 is 5.82. The van der Waals surface area contributed by atoms with Gasteiger partial charge in [-0.15, -0.1) is 0 Å². The quantitative estimate of drug-likeness (QED) is 0.470. The van der Waals surface area contributed by atoms with Crippen molar-refractivity contribution in [1.82, 2.24) is 0 Å². The van der Waals surface area contributed by atoms with Crippen molar-refractivity contribution >= 4 is 11.6 Å². The van der Waals surface area contributed by atoms with E-state index in [0.29, 0.717) is 17.9 Å². The van der Waals surface area contributed by atoms with Gasteiger partial charge in [0.25, 0.3) is 0 Å². The number of benzene rings is 2. The monoisotopic (exact) mass is 412 g/mol. The van der Waals surface area contributed by atoms with Gasteiger partial charge in [-0.3, -0.25) is 0 Å². The van der Waals surface area contributed by atoms with Crippen LogP contribution in [0.4, 0.5) is 8.78 Å². The summed E-state index contributed by atoms with van der Waals surface area (Å²) in [6.07, 6.45) is 0.669. The van der Waals surface area contributed by atoms with Crippen LogP contribution in [0.3, 0.4) is 0 Å². The molecule has 2 rings (SSSR count). The van der Waals surface area contributed by atoms with E-state index in [9.17, 15) is 8.78 Å². The summed E-state index contributed by atoms with van der Waals surface area (Å²) in [5, 5.41) is 0.826. The van der Waals surface area contributed by atoms with E-state index < -0.39 is 11.6 Å². The van der Waals surface area contributed by atoms with Crippen LogP contribution in [0, 0.1) is 18.6 Å². The Balaban J connectivity index is 0. The lowest BCUT2D eigenvalue weighted by molar-refractivity contribution is 0.560. The van der Waals surface area contributed by atoms with E-state index in [2.05, 4.69) is 26.8 Å². The van der Waals surface area contributed by atoms with Gasteiger partial charge in [0.1, 0.15) is 11.6 Å². The molecule has 0 N–H and O–H groups in total. The van der Waals surface area contributed by atoms with Crippen molar-refractivity contribution in [1.29, 1.82) is 0 Å². The minimum absolute atomic E-state index is 0.107. The molecule has 0 unspecified atom stereocenters. The third kappa shape index (κ3) is 9.68. The Kier molecular flexibility index (Phi) is 15.9. The molecular weight excluding hydrogens is 374 g/mol. The Morgan fingerprint density at radius 1 is 0.857 bits per heavy atom. The normalized spacial score (nSPS) is 9.68. The van der Waals surface area contributed by atoms with Crippen molar-refractivity contribution in [3.63, 3.8) is 0 Å². The zero-order valence-corrected chi connectivity index (χ0v) is 20.1. The molecule has 160 valence electrons. The first kappa shape index (κ1) is 28.8. The van der Waals surface area contributed by atoms with Gasteiger partial charge in [-0.1, -0.05) is 80.0 Å². The minimum Gasteiger partial charge on any atom is -0.207 e. The van der Waals surface area contributed by atoms with Crippen LogP contribution in [0.15, 0.2) is 30.3 Å². The third-order valence-electron chi connectivity index (χ3n) is 3.99. The predicted molar refractivity (Wildman–Crippen MR) is 123 cm³/mol. The van der Waals surface area contributed by atoms with E-state index in [1.807, 2.05) is 60.6 Å². The third-order valence-corrected chi connectivity index (χ3v) is 4.23. The first-order valence-corrected chi connectivity index (χ1v) is 10.8. The summed E-state index contributed by atoms with van der Waals surface area (Å²) < 4.78 is 26.1. The van der Waals surface area contributed by atoms with E-state index >= 15 is 0 Å². The molecule has 0 heterocycles. The highest BCUT2D eigenvalue weighted by Crippen LogP contribution is 2.24. The second kappa shape index (κ2) is 15.5. The second-order valence-electron chi connectivity index (χ2n) is 6.62. The molecule has 0 aromatic heterocycles. The average molecular weight is 413 g/mol. The molecule has 0 atom stereocenters. The summed E-state index contributed by atoms with van der Waals surface area (Å²) in [7, 11) is 0. The van der Waals surface area contributed by atoms with Crippen molar-refractivity contribution < 1.29 is 8.78 Å². The highest BCUT2D eigenvalue weighted by Gasteiger charge is 2.12. The molecule has 3 heteroatoms. The fourth-order valence-corrected chi connectivity index (χ4v) is 3.09. The molecule has 28 heavy (non-hydrogen) atoms. The van der Waals surface area contributed by atoms with Gasteiger partial charge in [-0.2, -0.15) is 0 Å². The molecule has 0 saturated carbocycles. The highest BCUT2D eigenvalue weighted by molar-refractivity contribution is 6.30. The van der Waals surface area contributed by atoms with Gasteiger partial charge in [0, 0.05) is 11.1 Å². The van der Waals surface area contributed by atoms with Crippen LogP contribution < -0.4 is 0 Å². The van der Waals surface area contributed by atoms with E-state index in [-0.39, 0.29) is 5.92 Å². The molecule has 0 fully saturated rings. The van der Waals surface area contributed by atoms with E-state index in [1.54, 1.807) is 0 Å². The Morgan fingerprint density at radius 2 is 1.39 bits per heavy atom. The lowest BCUT2D eigenvalue weighted by atomic mass is 9.95. The SMILES string of the molecule is CC.CC.CCc1cc(F)cc(F)c1C(C)C.Cc1cc(Cl)ccc1C(C)C. The average Bonchev–Trinajstić information content (AvgIpc) is 2.64. The van der Waals surface area contributed by atoms with Crippen molar-refractivity contribution in [3.05, 3.63) is 69.2 Å². The second-order valence-corrected chi connectivity index (χ2v) is 7.06. The van der Waals surface area contributed by atoms with Gasteiger partial charge < -0.3 is 0 Å². The topological polar surface area (TPSA) is 0 Å². The number of hydrogen-bond acceptors (Lipinski definition) is 0. The molecular formula is C25H39ClF2. The molecule has 0 aliphatic carbocycles. The fourth-order valence-electron chi connectivity index (χ4n) is 2.86. The zero-order chi connectivity index (χ0) is 22.4. The number of aryl methyl sites for hydroxylation is 2. The molecule has 0 spiro atoms. The van der Waals surface area contributed by atoms with Crippen molar-refractivity contribution in [2.45, 2.75) is 87.5 Å². The maximum absolute atomic E-state index is 13.3. The highest BCUT2D eigenvalue weighted by atomic mass is 35.5. The van der Waals surface area contributed by atoms with Crippen LogP contribution in [-0.4, -0.2) is 0 Å². The zero-order valence-electron chi connectivity index (χ0n) is 19.4. The Bertz CT molecular complexity index is 676. The summed E-state index contributed by atoms with van der Waals surface area (Å²) in [6, 6.07) is 8.43. The van der Waals surface area contributed by atoms with Gasteiger partial charge >= 0.3 is 0 Å². The number of hydrogen-bond donors (Lipinski definition) is 0. The maximum Gasteiger partial charge on any atom is 0.129 e. The van der Waals surface area contributed by atoms with Crippen LogP contribution in [0.1, 0.15) is 96.4 Å². The van der Waals surface area contributed by atoms with Crippen LogP contribution in [0.25, 0.3) is 0 Å². The van der Waals surface area contributed by atoms with Crippen molar-refractivity contribution in [3.8, 4) is 0 Å². The number of rotatable bonds is 3. The van der Waals surface area contributed by atoms with Gasteiger partial charge in [0.15, 0.2) is 0 Å². The van der Waals surface area contributed by atoms with Gasteiger partial charge in [-0.25, -0.2) is 8.78 Å². The van der Waals surface area contributed by atoms with Crippen LogP contribution in [0.5, 0.6) is 0 Å². The summed E-state index contributed by atoms with van der Waals surface area (Å²) in [4.78, 5) is 0. The van der Waals surface area contributed by atoms with E-state index in [0.717, 1.165) is 16.7 Å². The fraction of sp³-hybridized carbons (Fsp3) is 0.520. The minimum atomic E-state index is -0.487. The predicted octanol–water partition coefficient (Wildman–Crippen LogP) is 9.47. The summed E-state index contributed by atoms with van der Waals surface area (Å²) in [6.45, 7) is 20.2. The first-order chi connectivity index (χ1) is 13.2. The molecule has 2 aromatic carbocycles. The molecule has 2 aromatic rings. The summed E-state index contributed by atoms with van der Waals surface area (Å²) in [5.74, 6) is -0.214. The lowest BCUT2D eigenvalue weighted by Gasteiger charge is -2.12. The van der Waals surface area contributed by atoms with Gasteiger partial charge in [0.2, 0.25) is 0 Å². The summed E-state index contributed by atoms with van der Waals surface area (Å²) in [5.41, 5.74) is 4.08. The lowest BCUT2D eigenvalue weighted by Crippen LogP contribution is -2.00. The largest absolute Gasteiger partial charge is 0.207 e. The van der Waals surface area contributed by atoms with Gasteiger partial charge in [0.05, 0.1) is 0 Å². The van der Waals surface area contributed by atoms with Gasteiger partial charge in [-0.05, 0) is 65.6 Å². The molecule has 0 saturated heterocycles. The van der Waals surface area contributed by atoms with Crippen LogP contribution in [-0.2, 0) is 6.42 Å². The standard InChI is InChI=1S/C11H14F2.C10H13Cl.2C2H6/c1-4-8-5-9(12)6-10(13)11(8)7(2)3;1-7(2)10-5-4-9(11)6-8(10)3;2*1-2/h5-7H,4H2,1-3H3;4-7H,1-3H3;2*1-2H3. The Hall–Kier alpha value is -1.41. The van der Waals surface area contributed by atoms with E-state index in [1.165, 1.54) is 17.2 Å². The smallest absolute Gasteiger partial charge is 0.129 e. The molecule has 0 aliphatic rings. The Morgan fingerprint density at radius 3 is 1.79 bits per heavy atom. The molecule has 0 radical (unpaired) electrons. The molecule has 0 aliphatic heterocycles. The van der Waals surface area contributed by atoms with E-state index in [4.69, 9.17) is 11.6 Å². The van der Waals surface area contributed by atoms with Crippen LogP contribution >= 0.6 is 11.6 Å². The van der Waals surface area contributed by atoms with Crippen LogP contribution in [0.2, 0.25) is 5.02 Å². The first-order valence-electron chi connectivity index (χ1n) is 10.4. The maximum atomic E-state index is 13.3. The van der Waals surface area contributed by atoms with Crippen molar-refractivity contribution in [2.24, 2.45) is 0 Å². The molecule has 0 bridgehead atoms. The molecule has 0 nitrogen and oxygen atoms in total. The number of halogens is 3. The molecule has 0 amide bonds. The Labute approximate surface area is 177 Å².